The monoisotopic (exact) mass is 480 g/mol. The van der Waals surface area contributed by atoms with Crippen LogP contribution in [-0.4, -0.2) is 25.1 Å². The van der Waals surface area contributed by atoms with Gasteiger partial charge < -0.3 is 5.32 Å². The smallest absolute Gasteiger partial charge is 0.325 e. The van der Waals surface area contributed by atoms with Gasteiger partial charge >= 0.3 is 15.2 Å². The number of rotatable bonds is 6. The van der Waals surface area contributed by atoms with Gasteiger partial charge in [0.15, 0.2) is 11.0 Å². The van der Waals surface area contributed by atoms with Crippen LogP contribution < -0.4 is 9.29 Å². The van der Waals surface area contributed by atoms with Crippen molar-refractivity contribution in [3.63, 3.8) is 0 Å². The van der Waals surface area contributed by atoms with Crippen molar-refractivity contribution in [2.24, 2.45) is 0 Å². The second-order valence-corrected chi connectivity index (χ2v) is 11.4. The number of H-pyrrole nitrogens is 1. The molecular weight excluding hydrogens is 454 g/mol. The Bertz CT molecular complexity index is 1390. The Morgan fingerprint density at radius 1 is 0.939 bits per heavy atom. The van der Waals surface area contributed by atoms with Crippen LogP contribution in [0.1, 0.15) is 26.3 Å². The molecule has 0 bridgehead atoms. The Morgan fingerprint density at radius 2 is 1.58 bits per heavy atom. The maximum absolute atomic E-state index is 13.4. The van der Waals surface area contributed by atoms with Crippen LogP contribution in [0.15, 0.2) is 88.9 Å². The number of fused-ring (bicyclic) bond motifs is 1. The van der Waals surface area contributed by atoms with Crippen LogP contribution in [-0.2, 0) is 20.2 Å². The zero-order chi connectivity index (χ0) is 23.6. The number of para-hydroxylation sites is 2. The standard InChI is InChI=1S/C25H25N3O3S2/c1-25(2,3)18-13-15-19(16-14-18)26-23(29)17-32-24-27-21-11-7-8-12-22(21)28(24)33(30,31)20-9-5-4-6-10-20/h4-16H,17H2,1-3H3,(H,26,29)/p+1. The largest absolute Gasteiger partial charge is 0.336 e. The molecule has 0 aliphatic rings. The van der Waals surface area contributed by atoms with Gasteiger partial charge in [0.25, 0.3) is 0 Å². The number of hydrogen-bond acceptors (Lipinski definition) is 4. The number of anilines is 1. The predicted octanol–water partition coefficient (Wildman–Crippen LogP) is 4.72. The molecule has 0 aliphatic heterocycles. The first-order valence-corrected chi connectivity index (χ1v) is 13.0. The molecule has 0 fully saturated rings. The average Bonchev–Trinajstić information content (AvgIpc) is 3.17. The Balaban J connectivity index is 1.57. The number of aromatic amines is 1. The van der Waals surface area contributed by atoms with Gasteiger partial charge in [-0.25, -0.2) is 4.98 Å². The molecule has 0 saturated carbocycles. The minimum absolute atomic E-state index is 0.0336. The van der Waals surface area contributed by atoms with Crippen molar-refractivity contribution in [1.29, 1.82) is 0 Å². The molecule has 0 spiro atoms. The van der Waals surface area contributed by atoms with Gasteiger partial charge in [-0.1, -0.05) is 63.2 Å². The molecule has 1 heterocycles. The van der Waals surface area contributed by atoms with Crippen LogP contribution >= 0.6 is 11.8 Å². The van der Waals surface area contributed by atoms with Gasteiger partial charge in [0.2, 0.25) is 5.91 Å². The van der Waals surface area contributed by atoms with Crippen LogP contribution in [0.25, 0.3) is 11.0 Å². The van der Waals surface area contributed by atoms with Crippen LogP contribution in [0.4, 0.5) is 5.69 Å². The third-order valence-electron chi connectivity index (χ3n) is 5.20. The molecule has 4 aromatic rings. The summed E-state index contributed by atoms with van der Waals surface area (Å²) in [6, 6.07) is 23.2. The lowest BCUT2D eigenvalue weighted by atomic mass is 9.87. The molecule has 1 aromatic heterocycles. The summed E-state index contributed by atoms with van der Waals surface area (Å²) in [5.74, 6) is -0.163. The number of imidazole rings is 1. The molecule has 0 aliphatic carbocycles. The molecule has 0 radical (unpaired) electrons. The van der Waals surface area contributed by atoms with Gasteiger partial charge in [-0.2, -0.15) is 8.42 Å². The fraction of sp³-hybridized carbons (Fsp3) is 0.200. The van der Waals surface area contributed by atoms with E-state index < -0.39 is 10.0 Å². The third-order valence-corrected chi connectivity index (χ3v) is 8.01. The Morgan fingerprint density at radius 3 is 2.24 bits per heavy atom. The van der Waals surface area contributed by atoms with Crippen molar-refractivity contribution in [2.45, 2.75) is 36.2 Å². The summed E-state index contributed by atoms with van der Waals surface area (Å²) in [5, 5.41) is 3.26. The number of hydrogen-bond donors (Lipinski definition) is 2. The lowest BCUT2D eigenvalue weighted by Gasteiger charge is -2.19. The first-order valence-electron chi connectivity index (χ1n) is 10.5. The third kappa shape index (κ3) is 4.96. The Labute approximate surface area is 198 Å². The van der Waals surface area contributed by atoms with Crippen molar-refractivity contribution in [3.05, 3.63) is 84.4 Å². The number of carbonyl (C=O) groups excluding carboxylic acids is 1. The Hall–Kier alpha value is -3.10. The van der Waals surface area contributed by atoms with Crippen LogP contribution in [0, 0.1) is 0 Å². The van der Waals surface area contributed by atoms with E-state index >= 15 is 0 Å². The summed E-state index contributed by atoms with van der Waals surface area (Å²) in [6.45, 7) is 6.41. The number of aromatic nitrogens is 2. The van der Waals surface area contributed by atoms with E-state index in [0.29, 0.717) is 21.9 Å². The van der Waals surface area contributed by atoms with Crippen molar-refractivity contribution < 1.29 is 17.2 Å². The second kappa shape index (κ2) is 9.03. The molecule has 170 valence electrons. The van der Waals surface area contributed by atoms with Gasteiger partial charge in [0.1, 0.15) is 4.90 Å². The van der Waals surface area contributed by atoms with Crippen molar-refractivity contribution in [3.8, 4) is 0 Å². The molecule has 8 heteroatoms. The summed E-state index contributed by atoms with van der Waals surface area (Å²) in [6.07, 6.45) is 0. The van der Waals surface area contributed by atoms with Gasteiger partial charge in [0, 0.05) is 5.69 Å². The molecule has 2 N–H and O–H groups in total. The number of benzene rings is 3. The van der Waals surface area contributed by atoms with Gasteiger partial charge in [-0.05, 0) is 59.1 Å². The predicted molar refractivity (Wildman–Crippen MR) is 132 cm³/mol. The summed E-state index contributed by atoms with van der Waals surface area (Å²) in [4.78, 5) is 15.9. The van der Waals surface area contributed by atoms with Crippen LogP contribution in [0.3, 0.4) is 0 Å². The molecule has 33 heavy (non-hydrogen) atoms. The van der Waals surface area contributed by atoms with E-state index in [0.717, 1.165) is 11.8 Å². The van der Waals surface area contributed by atoms with E-state index in [1.54, 1.807) is 42.5 Å². The van der Waals surface area contributed by atoms with E-state index in [1.165, 1.54) is 9.54 Å². The topological polar surface area (TPSA) is 82.9 Å². The molecular formula is C25H26N3O3S2+. The van der Waals surface area contributed by atoms with Crippen LogP contribution in [0.2, 0.25) is 0 Å². The average molecular weight is 481 g/mol. The fourth-order valence-corrected chi connectivity index (χ4v) is 6.03. The first kappa shape index (κ1) is 23.1. The fourth-order valence-electron chi connectivity index (χ4n) is 3.45. The minimum Gasteiger partial charge on any atom is -0.325 e. The number of amides is 1. The highest BCUT2D eigenvalue weighted by atomic mass is 32.2. The zero-order valence-corrected chi connectivity index (χ0v) is 20.3. The molecule has 4 rings (SSSR count). The summed E-state index contributed by atoms with van der Waals surface area (Å²) in [5.41, 5.74) is 3.13. The van der Waals surface area contributed by atoms with E-state index in [2.05, 4.69) is 31.1 Å². The quantitative estimate of drug-likeness (QED) is 0.309. The highest BCUT2D eigenvalue weighted by molar-refractivity contribution is 8.00. The highest BCUT2D eigenvalue weighted by Crippen LogP contribution is 2.24. The minimum atomic E-state index is -3.85. The van der Waals surface area contributed by atoms with E-state index in [9.17, 15) is 13.2 Å². The van der Waals surface area contributed by atoms with Gasteiger partial charge in [-0.3, -0.25) is 4.79 Å². The Kier molecular flexibility index (Phi) is 6.32. The summed E-state index contributed by atoms with van der Waals surface area (Å²) < 4.78 is 28.1. The lowest BCUT2D eigenvalue weighted by Crippen LogP contribution is -2.44. The molecule has 0 unspecified atom stereocenters. The maximum Gasteiger partial charge on any atom is 0.336 e. The summed E-state index contributed by atoms with van der Waals surface area (Å²) >= 11 is 1.15. The first-order chi connectivity index (χ1) is 15.7. The normalized spacial score (nSPS) is 12.1. The zero-order valence-electron chi connectivity index (χ0n) is 18.7. The number of thioether (sulfide) groups is 1. The molecule has 0 atom stereocenters. The van der Waals surface area contributed by atoms with E-state index in [1.807, 2.05) is 36.4 Å². The van der Waals surface area contributed by atoms with E-state index in [4.69, 9.17) is 0 Å². The van der Waals surface area contributed by atoms with Crippen molar-refractivity contribution >= 4 is 44.4 Å². The molecule has 3 aromatic carbocycles. The molecule has 0 saturated heterocycles. The molecule has 1 amide bonds. The van der Waals surface area contributed by atoms with Crippen LogP contribution in [0.5, 0.6) is 0 Å². The number of nitrogens with one attached hydrogen (secondary N) is 2. The highest BCUT2D eigenvalue weighted by Gasteiger charge is 2.31. The number of nitrogens with zero attached hydrogens (tertiary/aromatic N) is 1. The molecule has 6 nitrogen and oxygen atoms in total. The van der Waals surface area contributed by atoms with Crippen molar-refractivity contribution in [2.75, 3.05) is 11.1 Å². The second-order valence-electron chi connectivity index (χ2n) is 8.69. The van der Waals surface area contributed by atoms with E-state index in [-0.39, 0.29) is 22.0 Å². The van der Waals surface area contributed by atoms with Gasteiger partial charge in [0.05, 0.1) is 5.75 Å². The number of carbonyl (C=O) groups is 1. The maximum atomic E-state index is 13.4. The van der Waals surface area contributed by atoms with Gasteiger partial charge in [-0.15, -0.1) is 3.97 Å². The lowest BCUT2D eigenvalue weighted by molar-refractivity contribution is -0.526. The van der Waals surface area contributed by atoms with Crippen molar-refractivity contribution in [1.82, 2.24) is 4.98 Å². The summed E-state index contributed by atoms with van der Waals surface area (Å²) in [7, 11) is -3.85. The SMILES string of the molecule is CC(C)(C)c1ccc(NC(=O)CSc2[nH]c3ccccc3[n+]2S(=O)(=O)c2ccccc2)cc1.